The number of guanidine groups is 1. The van der Waals surface area contributed by atoms with E-state index in [1.807, 2.05) is 57.2 Å². The average Bonchev–Trinajstić information content (AvgIpc) is 2.66. The summed E-state index contributed by atoms with van der Waals surface area (Å²) in [5.41, 5.74) is 1.77. The Labute approximate surface area is 198 Å². The van der Waals surface area contributed by atoms with Crippen LogP contribution < -0.4 is 15.4 Å². The van der Waals surface area contributed by atoms with E-state index in [4.69, 9.17) is 0 Å². The topological polar surface area (TPSA) is 82.6 Å². The number of hydrogen-bond donors (Lipinski definition) is 3. The van der Waals surface area contributed by atoms with Crippen LogP contribution in [0.4, 0.5) is 0 Å². The number of rotatable bonds is 9. The summed E-state index contributed by atoms with van der Waals surface area (Å²) in [6.45, 7) is 7.34. The summed E-state index contributed by atoms with van der Waals surface area (Å²) in [5, 5.41) is 6.65. The van der Waals surface area contributed by atoms with E-state index in [0.717, 1.165) is 6.26 Å². The average molecular weight is 545 g/mol. The number of nitrogens with zero attached hydrogens (tertiary/aromatic N) is 1. The standard InChI is InChI=1S/C22H32N4O2S.HI/c1-5-23-21(25-17-22(2,3)26-29(4,27)28)24-16-20(18-12-8-6-9-13-18)19-14-10-7-11-15-19;/h6-15,20,26H,5,16-17H2,1-4H3,(H2,23,24,25);1H. The molecule has 0 radical (unpaired) electrons. The molecule has 0 aromatic heterocycles. The SMILES string of the molecule is CCNC(=NCC(C)(C)NS(C)(=O)=O)NCC(c1ccccc1)c1ccccc1.I. The predicted octanol–water partition coefficient (Wildman–Crippen LogP) is 3.32. The van der Waals surface area contributed by atoms with Crippen LogP contribution in [0.5, 0.6) is 0 Å². The fourth-order valence-electron chi connectivity index (χ4n) is 3.15. The summed E-state index contributed by atoms with van der Waals surface area (Å²) in [5.74, 6) is 0.830. The van der Waals surface area contributed by atoms with Gasteiger partial charge in [-0.25, -0.2) is 13.1 Å². The van der Waals surface area contributed by atoms with Gasteiger partial charge in [-0.15, -0.1) is 24.0 Å². The Hall–Kier alpha value is -1.65. The van der Waals surface area contributed by atoms with Gasteiger partial charge in [0, 0.05) is 24.5 Å². The summed E-state index contributed by atoms with van der Waals surface area (Å²) in [6.07, 6.45) is 1.16. The number of halogens is 1. The highest BCUT2D eigenvalue weighted by Crippen LogP contribution is 2.23. The van der Waals surface area contributed by atoms with Gasteiger partial charge < -0.3 is 10.6 Å². The van der Waals surface area contributed by atoms with Crippen molar-refractivity contribution in [1.29, 1.82) is 0 Å². The van der Waals surface area contributed by atoms with Crippen LogP contribution in [0, 0.1) is 0 Å². The van der Waals surface area contributed by atoms with E-state index in [9.17, 15) is 8.42 Å². The summed E-state index contributed by atoms with van der Waals surface area (Å²) in [7, 11) is -3.30. The third-order valence-electron chi connectivity index (χ3n) is 4.32. The van der Waals surface area contributed by atoms with Gasteiger partial charge in [-0.1, -0.05) is 60.7 Å². The van der Waals surface area contributed by atoms with Crippen LogP contribution in [-0.2, 0) is 10.0 Å². The van der Waals surface area contributed by atoms with Gasteiger partial charge in [0.05, 0.1) is 12.8 Å². The van der Waals surface area contributed by atoms with Crippen molar-refractivity contribution in [3.63, 3.8) is 0 Å². The molecular formula is C22H33IN4O2S. The van der Waals surface area contributed by atoms with E-state index in [1.54, 1.807) is 0 Å². The zero-order chi connectivity index (χ0) is 21.3. The molecule has 0 spiro atoms. The molecule has 2 aromatic rings. The molecule has 0 unspecified atom stereocenters. The Morgan fingerprint density at radius 2 is 1.47 bits per heavy atom. The van der Waals surface area contributed by atoms with Crippen LogP contribution in [0.3, 0.4) is 0 Å². The van der Waals surface area contributed by atoms with Crippen LogP contribution in [-0.4, -0.2) is 45.8 Å². The second-order valence-electron chi connectivity index (χ2n) is 7.71. The third kappa shape index (κ3) is 9.44. The number of aliphatic imine (C=N–C) groups is 1. The summed E-state index contributed by atoms with van der Waals surface area (Å²) in [6, 6.07) is 20.7. The van der Waals surface area contributed by atoms with Crippen molar-refractivity contribution in [3.8, 4) is 0 Å². The molecular weight excluding hydrogens is 511 g/mol. The second kappa shape index (κ2) is 12.3. The minimum atomic E-state index is -3.30. The zero-order valence-electron chi connectivity index (χ0n) is 18.1. The monoisotopic (exact) mass is 544 g/mol. The molecule has 0 bridgehead atoms. The van der Waals surface area contributed by atoms with E-state index in [1.165, 1.54) is 11.1 Å². The molecule has 0 atom stereocenters. The highest BCUT2D eigenvalue weighted by molar-refractivity contribution is 14.0. The van der Waals surface area contributed by atoms with Gasteiger partial charge in [0.15, 0.2) is 5.96 Å². The lowest BCUT2D eigenvalue weighted by atomic mass is 9.91. The van der Waals surface area contributed by atoms with Gasteiger partial charge in [-0.2, -0.15) is 0 Å². The van der Waals surface area contributed by atoms with E-state index in [2.05, 4.69) is 44.6 Å². The maximum atomic E-state index is 11.6. The number of sulfonamides is 1. The largest absolute Gasteiger partial charge is 0.357 e. The highest BCUT2D eigenvalue weighted by Gasteiger charge is 2.22. The predicted molar refractivity (Wildman–Crippen MR) is 136 cm³/mol. The van der Waals surface area contributed by atoms with Crippen molar-refractivity contribution in [2.45, 2.75) is 32.2 Å². The molecule has 0 aliphatic rings. The lowest BCUT2D eigenvalue weighted by molar-refractivity contribution is 0.464. The van der Waals surface area contributed by atoms with Crippen molar-refractivity contribution in [1.82, 2.24) is 15.4 Å². The Balaban J connectivity index is 0.00000450. The van der Waals surface area contributed by atoms with Crippen molar-refractivity contribution in [2.75, 3.05) is 25.9 Å². The molecule has 0 fully saturated rings. The Morgan fingerprint density at radius 3 is 1.90 bits per heavy atom. The number of hydrogen-bond acceptors (Lipinski definition) is 3. The normalized spacial score (nSPS) is 12.4. The van der Waals surface area contributed by atoms with E-state index >= 15 is 0 Å². The summed E-state index contributed by atoms with van der Waals surface area (Å²) >= 11 is 0. The summed E-state index contributed by atoms with van der Waals surface area (Å²) in [4.78, 5) is 4.60. The quantitative estimate of drug-likeness (QED) is 0.257. The maximum absolute atomic E-state index is 11.6. The lowest BCUT2D eigenvalue weighted by Crippen LogP contribution is -2.47. The maximum Gasteiger partial charge on any atom is 0.209 e. The van der Waals surface area contributed by atoms with Crippen LogP contribution in [0.25, 0.3) is 0 Å². The molecule has 0 aliphatic heterocycles. The van der Waals surface area contributed by atoms with Crippen molar-refractivity contribution in [2.24, 2.45) is 4.99 Å². The van der Waals surface area contributed by atoms with Crippen LogP contribution in [0.15, 0.2) is 65.7 Å². The van der Waals surface area contributed by atoms with Gasteiger partial charge in [0.1, 0.15) is 0 Å². The van der Waals surface area contributed by atoms with Gasteiger partial charge in [-0.05, 0) is 31.9 Å². The van der Waals surface area contributed by atoms with Crippen molar-refractivity contribution in [3.05, 3.63) is 71.8 Å². The van der Waals surface area contributed by atoms with Crippen LogP contribution >= 0.6 is 24.0 Å². The minimum absolute atomic E-state index is 0. The van der Waals surface area contributed by atoms with Gasteiger partial charge in [0.2, 0.25) is 10.0 Å². The van der Waals surface area contributed by atoms with Gasteiger partial charge in [-0.3, -0.25) is 4.99 Å². The molecule has 0 saturated heterocycles. The van der Waals surface area contributed by atoms with Gasteiger partial charge >= 0.3 is 0 Å². The third-order valence-corrected chi connectivity index (χ3v) is 5.24. The fourth-order valence-corrected chi connectivity index (χ4v) is 4.22. The highest BCUT2D eigenvalue weighted by atomic mass is 127. The molecule has 3 N–H and O–H groups in total. The molecule has 0 saturated carbocycles. The van der Waals surface area contributed by atoms with Crippen molar-refractivity contribution >= 4 is 40.0 Å². The first-order valence-electron chi connectivity index (χ1n) is 9.81. The molecule has 2 rings (SSSR count). The molecule has 0 aliphatic carbocycles. The zero-order valence-corrected chi connectivity index (χ0v) is 21.2. The second-order valence-corrected chi connectivity index (χ2v) is 9.46. The minimum Gasteiger partial charge on any atom is -0.357 e. The smallest absolute Gasteiger partial charge is 0.209 e. The Kier molecular flexibility index (Phi) is 10.8. The first-order chi connectivity index (χ1) is 13.7. The molecule has 0 heterocycles. The van der Waals surface area contributed by atoms with Crippen molar-refractivity contribution < 1.29 is 8.42 Å². The van der Waals surface area contributed by atoms with E-state index < -0.39 is 15.6 Å². The number of benzene rings is 2. The Bertz CT molecular complexity index is 848. The first-order valence-corrected chi connectivity index (χ1v) is 11.7. The first kappa shape index (κ1) is 26.4. The molecule has 6 nitrogen and oxygen atoms in total. The fraction of sp³-hybridized carbons (Fsp3) is 0.409. The number of nitrogens with one attached hydrogen (secondary N) is 3. The molecule has 2 aromatic carbocycles. The van der Waals surface area contributed by atoms with E-state index in [0.29, 0.717) is 25.6 Å². The van der Waals surface area contributed by atoms with Crippen LogP contribution in [0.2, 0.25) is 0 Å². The van der Waals surface area contributed by atoms with Gasteiger partial charge in [0.25, 0.3) is 0 Å². The molecule has 8 heteroatoms. The molecule has 30 heavy (non-hydrogen) atoms. The Morgan fingerprint density at radius 1 is 0.967 bits per heavy atom. The molecule has 0 amide bonds. The lowest BCUT2D eigenvalue weighted by Gasteiger charge is -2.24. The van der Waals surface area contributed by atoms with Crippen LogP contribution in [0.1, 0.15) is 37.8 Å². The summed E-state index contributed by atoms with van der Waals surface area (Å²) < 4.78 is 25.7. The molecule has 166 valence electrons. The van der Waals surface area contributed by atoms with E-state index in [-0.39, 0.29) is 29.9 Å².